The van der Waals surface area contributed by atoms with Crippen molar-refractivity contribution >= 4 is 22.1 Å². The molecule has 3 aromatic rings. The summed E-state index contributed by atoms with van der Waals surface area (Å²) >= 11 is 0. The van der Waals surface area contributed by atoms with Crippen molar-refractivity contribution in [1.82, 2.24) is 4.98 Å². The van der Waals surface area contributed by atoms with Crippen LogP contribution in [0.3, 0.4) is 0 Å². The van der Waals surface area contributed by atoms with E-state index < -0.39 is 0 Å². The Morgan fingerprint density at radius 1 is 1.00 bits per heavy atom. The Morgan fingerprint density at radius 2 is 1.88 bits per heavy atom. The first-order valence-electron chi connectivity index (χ1n) is 9.06. The van der Waals surface area contributed by atoms with Crippen LogP contribution in [0.4, 0.5) is 0 Å². The minimum Gasteiger partial charge on any atom is -0.497 e. The molecule has 0 radical (unpaired) electrons. The van der Waals surface area contributed by atoms with Gasteiger partial charge in [0.2, 0.25) is 0 Å². The van der Waals surface area contributed by atoms with Crippen LogP contribution in [-0.4, -0.2) is 11.6 Å². The summed E-state index contributed by atoms with van der Waals surface area (Å²) in [5.41, 5.74) is 6.85. The number of ether oxygens (including phenoxy) is 1. The predicted molar refractivity (Wildman–Crippen MR) is 102 cm³/mol. The van der Waals surface area contributed by atoms with Crippen LogP contribution in [0.5, 0.6) is 0 Å². The summed E-state index contributed by atoms with van der Waals surface area (Å²) in [6.45, 7) is 5.26. The van der Waals surface area contributed by atoms with E-state index in [2.05, 4.69) is 50.2 Å². The summed E-state index contributed by atoms with van der Waals surface area (Å²) in [6, 6.07) is 13.2. The second-order valence-corrected chi connectivity index (χ2v) is 7.11. The van der Waals surface area contributed by atoms with Crippen molar-refractivity contribution in [3.8, 4) is 0 Å². The minimum atomic E-state index is 0.799. The molecular weight excluding hydrogens is 306 g/mol. The molecule has 0 bridgehead atoms. The number of pyridine rings is 1. The van der Waals surface area contributed by atoms with Crippen molar-refractivity contribution < 1.29 is 4.74 Å². The lowest BCUT2D eigenvalue weighted by atomic mass is 9.85. The molecule has 1 aliphatic heterocycles. The van der Waals surface area contributed by atoms with E-state index in [4.69, 9.17) is 9.72 Å². The average molecular weight is 327 g/mol. The van der Waals surface area contributed by atoms with E-state index in [0.717, 1.165) is 37.0 Å². The Bertz CT molecular complexity index is 1140. The van der Waals surface area contributed by atoms with E-state index >= 15 is 0 Å². The van der Waals surface area contributed by atoms with Crippen LogP contribution in [0, 0.1) is 13.8 Å². The number of benzene rings is 2. The molecule has 2 aromatic carbocycles. The van der Waals surface area contributed by atoms with Gasteiger partial charge in [0.25, 0.3) is 0 Å². The Kier molecular flexibility index (Phi) is 3.21. The van der Waals surface area contributed by atoms with Gasteiger partial charge >= 0.3 is 0 Å². The summed E-state index contributed by atoms with van der Waals surface area (Å²) in [7, 11) is 0. The SMILES string of the molecule is Cc1cc2ccccc2c(C2=c3nccc4c3=C(CC2)OCC4)c1C. The molecule has 0 atom stereocenters. The zero-order valence-electron chi connectivity index (χ0n) is 14.7. The number of aromatic nitrogens is 1. The van der Waals surface area contributed by atoms with Gasteiger partial charge < -0.3 is 4.74 Å². The number of aryl methyl sites for hydroxylation is 1. The number of nitrogens with zero attached hydrogens (tertiary/aromatic N) is 1. The topological polar surface area (TPSA) is 22.1 Å². The third-order valence-electron chi connectivity index (χ3n) is 5.72. The molecule has 0 spiro atoms. The molecule has 25 heavy (non-hydrogen) atoms. The maximum absolute atomic E-state index is 5.97. The van der Waals surface area contributed by atoms with Gasteiger partial charge in [-0.2, -0.15) is 0 Å². The minimum absolute atomic E-state index is 0.799. The molecule has 124 valence electrons. The van der Waals surface area contributed by atoms with Crippen molar-refractivity contribution in [3.05, 3.63) is 75.4 Å². The summed E-state index contributed by atoms with van der Waals surface area (Å²) in [5, 5.41) is 5.04. The standard InChI is InChI=1S/C23H21NO/c1-14-13-17-5-3-4-6-18(17)21(15(14)2)19-7-8-20-22-16(10-12-25-20)9-11-24-23(19)22/h3-6,9,11,13H,7-8,10,12H2,1-2H3. The number of fused-ring (bicyclic) bond motifs is 1. The number of hydrogen-bond acceptors (Lipinski definition) is 2. The zero-order valence-corrected chi connectivity index (χ0v) is 14.7. The molecule has 0 fully saturated rings. The largest absolute Gasteiger partial charge is 0.497 e. The number of rotatable bonds is 1. The first-order valence-corrected chi connectivity index (χ1v) is 9.06. The molecule has 0 saturated heterocycles. The van der Waals surface area contributed by atoms with Crippen molar-refractivity contribution in [2.45, 2.75) is 33.1 Å². The van der Waals surface area contributed by atoms with Crippen LogP contribution in [0.25, 0.3) is 22.1 Å². The van der Waals surface area contributed by atoms with Gasteiger partial charge in [0, 0.05) is 24.3 Å². The van der Waals surface area contributed by atoms with E-state index in [-0.39, 0.29) is 0 Å². The summed E-state index contributed by atoms with van der Waals surface area (Å²) in [4.78, 5) is 4.81. The van der Waals surface area contributed by atoms with Gasteiger partial charge in [-0.25, -0.2) is 0 Å². The lowest BCUT2D eigenvalue weighted by molar-refractivity contribution is 0.255. The van der Waals surface area contributed by atoms with Crippen molar-refractivity contribution in [2.24, 2.45) is 0 Å². The van der Waals surface area contributed by atoms with Crippen molar-refractivity contribution in [1.29, 1.82) is 0 Å². The summed E-state index contributed by atoms with van der Waals surface area (Å²) < 4.78 is 5.97. The van der Waals surface area contributed by atoms with E-state index in [0.29, 0.717) is 0 Å². The molecule has 2 aliphatic rings. The fraction of sp³-hybridized carbons (Fsp3) is 0.261. The Hall–Kier alpha value is -2.61. The number of hydrogen-bond donors (Lipinski definition) is 0. The summed E-state index contributed by atoms with van der Waals surface area (Å²) in [6.07, 6.45) is 4.92. The molecule has 2 nitrogen and oxygen atoms in total. The molecule has 0 saturated carbocycles. The average Bonchev–Trinajstić information content (AvgIpc) is 2.64. The van der Waals surface area contributed by atoms with Gasteiger partial charge in [0.05, 0.1) is 12.0 Å². The highest BCUT2D eigenvalue weighted by Gasteiger charge is 2.22. The van der Waals surface area contributed by atoms with E-state index in [1.807, 2.05) is 6.20 Å². The Labute approximate surface area is 147 Å². The van der Waals surface area contributed by atoms with Crippen LogP contribution in [0.15, 0.2) is 42.6 Å². The van der Waals surface area contributed by atoms with Gasteiger partial charge in [-0.15, -0.1) is 0 Å². The normalized spacial score (nSPS) is 15.9. The van der Waals surface area contributed by atoms with E-state index in [1.54, 1.807) is 0 Å². The maximum atomic E-state index is 5.97. The fourth-order valence-electron chi connectivity index (χ4n) is 4.38. The van der Waals surface area contributed by atoms with E-state index in [9.17, 15) is 0 Å². The quantitative estimate of drug-likeness (QED) is 0.682. The highest BCUT2D eigenvalue weighted by Crippen LogP contribution is 2.33. The Morgan fingerprint density at radius 3 is 2.80 bits per heavy atom. The maximum Gasteiger partial charge on any atom is 0.106 e. The third-order valence-corrected chi connectivity index (χ3v) is 5.72. The highest BCUT2D eigenvalue weighted by molar-refractivity contribution is 5.96. The van der Waals surface area contributed by atoms with Crippen molar-refractivity contribution in [3.63, 3.8) is 0 Å². The van der Waals surface area contributed by atoms with Gasteiger partial charge in [-0.1, -0.05) is 30.3 Å². The van der Waals surface area contributed by atoms with Gasteiger partial charge in [0.15, 0.2) is 0 Å². The molecule has 0 unspecified atom stereocenters. The second kappa shape index (κ2) is 5.45. The lowest BCUT2D eigenvalue weighted by Gasteiger charge is -2.24. The zero-order chi connectivity index (χ0) is 17.0. The molecule has 5 rings (SSSR count). The van der Waals surface area contributed by atoms with Crippen LogP contribution >= 0.6 is 0 Å². The lowest BCUT2D eigenvalue weighted by Crippen LogP contribution is -2.41. The summed E-state index contributed by atoms with van der Waals surface area (Å²) in [5.74, 6) is 1.14. The molecule has 0 N–H and O–H groups in total. The first kappa shape index (κ1) is 14.7. The second-order valence-electron chi connectivity index (χ2n) is 7.11. The molecular formula is C23H21NO. The van der Waals surface area contributed by atoms with Crippen molar-refractivity contribution in [2.75, 3.05) is 6.61 Å². The van der Waals surface area contributed by atoms with Crippen LogP contribution in [0.1, 0.15) is 35.1 Å². The van der Waals surface area contributed by atoms with Crippen LogP contribution < -0.4 is 10.6 Å². The smallest absolute Gasteiger partial charge is 0.106 e. The van der Waals surface area contributed by atoms with Crippen LogP contribution in [-0.2, 0) is 11.2 Å². The molecule has 1 aromatic heterocycles. The van der Waals surface area contributed by atoms with Gasteiger partial charge in [0.1, 0.15) is 5.76 Å². The van der Waals surface area contributed by atoms with Gasteiger partial charge in [-0.3, -0.25) is 4.98 Å². The highest BCUT2D eigenvalue weighted by atomic mass is 16.5. The molecule has 2 heterocycles. The monoisotopic (exact) mass is 327 g/mol. The van der Waals surface area contributed by atoms with Crippen LogP contribution in [0.2, 0.25) is 0 Å². The first-order chi connectivity index (χ1) is 12.2. The predicted octanol–water partition coefficient (Wildman–Crippen LogP) is 3.53. The Balaban J connectivity index is 1.97. The molecule has 1 aliphatic carbocycles. The third kappa shape index (κ3) is 2.13. The molecule has 0 amide bonds. The fourth-order valence-corrected chi connectivity index (χ4v) is 4.38. The molecule has 2 heteroatoms. The van der Waals surface area contributed by atoms with E-state index in [1.165, 1.54) is 43.8 Å². The van der Waals surface area contributed by atoms with Gasteiger partial charge in [-0.05, 0) is 64.9 Å².